The first-order valence-corrected chi connectivity index (χ1v) is 24.3. The van der Waals surface area contributed by atoms with Gasteiger partial charge in [0.1, 0.15) is 11.2 Å². The molecular weight excluding hydrogens is 857 g/mol. The Morgan fingerprint density at radius 1 is 0.319 bits per heavy atom. The number of rotatable bonds is 7. The highest BCUT2D eigenvalue weighted by molar-refractivity contribution is 7.25. The summed E-state index contributed by atoms with van der Waals surface area (Å²) < 4.78 is 8.87. The van der Waals surface area contributed by atoms with Crippen LogP contribution in [-0.4, -0.2) is 9.97 Å². The Labute approximate surface area is 403 Å². The topological polar surface area (TPSA) is 38.9 Å². The highest BCUT2D eigenvalue weighted by Crippen LogP contribution is 2.57. The van der Waals surface area contributed by atoms with Gasteiger partial charge in [-0.05, 0) is 122 Å². The van der Waals surface area contributed by atoms with Crippen LogP contribution in [0.4, 0.5) is 0 Å². The average molecular weight is 897 g/mol. The number of thiophene rings is 1. The Morgan fingerprint density at radius 2 is 0.870 bits per heavy atom. The van der Waals surface area contributed by atoms with Crippen LogP contribution in [0.1, 0.15) is 22.3 Å². The number of hydrogen-bond donors (Lipinski definition) is 0. The fraction of sp³-hybridized carbons (Fsp3) is 0.0154. The van der Waals surface area contributed by atoms with Crippen LogP contribution in [0.15, 0.2) is 247 Å². The van der Waals surface area contributed by atoms with Gasteiger partial charge in [0.05, 0.1) is 16.8 Å². The number of furan rings is 1. The summed E-state index contributed by atoms with van der Waals surface area (Å²) in [6.07, 6.45) is 0. The van der Waals surface area contributed by atoms with Gasteiger partial charge in [-0.25, -0.2) is 9.97 Å². The number of benzene rings is 10. The number of para-hydroxylation sites is 1. The van der Waals surface area contributed by atoms with Crippen LogP contribution < -0.4 is 0 Å². The van der Waals surface area contributed by atoms with Crippen molar-refractivity contribution in [3.63, 3.8) is 0 Å². The lowest BCUT2D eigenvalue weighted by Gasteiger charge is -2.34. The van der Waals surface area contributed by atoms with E-state index in [2.05, 4.69) is 224 Å². The van der Waals surface area contributed by atoms with E-state index in [0.717, 1.165) is 72.3 Å². The van der Waals surface area contributed by atoms with Gasteiger partial charge >= 0.3 is 0 Å². The molecule has 322 valence electrons. The zero-order valence-electron chi connectivity index (χ0n) is 37.3. The van der Waals surface area contributed by atoms with Crippen LogP contribution in [0.5, 0.6) is 0 Å². The van der Waals surface area contributed by atoms with E-state index in [1.165, 1.54) is 53.6 Å². The summed E-state index contributed by atoms with van der Waals surface area (Å²) in [5.74, 6) is 0.675. The molecule has 13 aromatic rings. The molecule has 10 aromatic carbocycles. The third kappa shape index (κ3) is 6.34. The van der Waals surface area contributed by atoms with Crippen molar-refractivity contribution in [1.82, 2.24) is 9.97 Å². The molecule has 0 saturated carbocycles. The highest BCUT2D eigenvalue weighted by Gasteiger charge is 2.46. The van der Waals surface area contributed by atoms with Crippen molar-refractivity contribution in [1.29, 1.82) is 0 Å². The van der Waals surface area contributed by atoms with Gasteiger partial charge in [-0.3, -0.25) is 0 Å². The SMILES string of the molecule is c1ccc(-c2nc(-c3cc(-c4ccc5oc6ccccc6c5c4)cc(-c4ccc5sc6ccccc6c5c4)c3)cc(-c3ccc4c(c3)C(c3ccccc3)(c3ccccc3)c3ccccc3-4)n2)cc1. The van der Waals surface area contributed by atoms with Gasteiger partial charge < -0.3 is 4.42 Å². The Kier molecular flexibility index (Phi) is 8.98. The van der Waals surface area contributed by atoms with Crippen LogP contribution in [0.25, 0.3) is 109 Å². The molecule has 3 heterocycles. The molecule has 0 N–H and O–H groups in total. The quantitative estimate of drug-likeness (QED) is 0.160. The second-order valence-corrected chi connectivity index (χ2v) is 19.1. The summed E-state index contributed by atoms with van der Waals surface area (Å²) in [4.78, 5) is 10.9. The van der Waals surface area contributed by atoms with Gasteiger partial charge in [0.15, 0.2) is 5.82 Å². The predicted octanol–water partition coefficient (Wildman–Crippen LogP) is 17.4. The van der Waals surface area contributed by atoms with Gasteiger partial charge in [-0.15, -0.1) is 11.3 Å². The van der Waals surface area contributed by atoms with Crippen molar-refractivity contribution >= 4 is 53.4 Å². The minimum Gasteiger partial charge on any atom is -0.456 e. The van der Waals surface area contributed by atoms with Crippen molar-refractivity contribution in [3.8, 4) is 67.3 Å². The molecule has 0 unspecified atom stereocenters. The smallest absolute Gasteiger partial charge is 0.160 e. The summed E-state index contributed by atoms with van der Waals surface area (Å²) in [6.45, 7) is 0. The van der Waals surface area contributed by atoms with Crippen LogP contribution in [0.2, 0.25) is 0 Å². The van der Waals surface area contributed by atoms with E-state index in [0.29, 0.717) is 5.82 Å². The molecule has 14 rings (SSSR count). The molecule has 0 bridgehead atoms. The molecule has 0 amide bonds. The third-order valence-electron chi connectivity index (χ3n) is 14.2. The molecule has 69 heavy (non-hydrogen) atoms. The number of nitrogens with zero attached hydrogens (tertiary/aromatic N) is 2. The summed E-state index contributed by atoms with van der Waals surface area (Å²) in [5.41, 5.74) is 17.8. The predicted molar refractivity (Wildman–Crippen MR) is 287 cm³/mol. The number of hydrogen-bond acceptors (Lipinski definition) is 4. The molecule has 1 aliphatic carbocycles. The Balaban J connectivity index is 0.999. The van der Waals surface area contributed by atoms with Crippen molar-refractivity contribution in [3.05, 3.63) is 265 Å². The van der Waals surface area contributed by atoms with Crippen molar-refractivity contribution in [2.45, 2.75) is 5.41 Å². The fourth-order valence-electron chi connectivity index (χ4n) is 11.0. The maximum atomic E-state index is 6.30. The third-order valence-corrected chi connectivity index (χ3v) is 15.3. The number of fused-ring (bicyclic) bond motifs is 9. The summed E-state index contributed by atoms with van der Waals surface area (Å²) in [7, 11) is 0. The van der Waals surface area contributed by atoms with Gasteiger partial charge in [-0.1, -0.05) is 176 Å². The van der Waals surface area contributed by atoms with E-state index in [-0.39, 0.29) is 0 Å². The highest BCUT2D eigenvalue weighted by atomic mass is 32.1. The largest absolute Gasteiger partial charge is 0.456 e. The standard InChI is InChI=1S/C65H40N2OS/c1-4-16-41(17-5-1)64-66-58(44-28-31-51-50-22-10-13-25-56(50)65(57(51)39-44,48-18-6-2-7-19-48)49-20-8-3-9-21-49)40-59(67-64)47-35-45(42-29-32-61-54(37-42)52-23-11-14-26-60(52)68-61)34-46(36-47)43-30-33-63-55(38-43)53-24-12-15-27-62(53)69-63/h1-40H. The minimum atomic E-state index is -0.540. The van der Waals surface area contributed by atoms with E-state index in [9.17, 15) is 0 Å². The molecule has 3 aromatic heterocycles. The molecule has 0 spiro atoms. The van der Waals surface area contributed by atoms with E-state index in [4.69, 9.17) is 14.4 Å². The van der Waals surface area contributed by atoms with Gasteiger partial charge in [-0.2, -0.15) is 0 Å². The maximum absolute atomic E-state index is 6.30. The molecular formula is C65H40N2OS. The first-order chi connectivity index (χ1) is 34.2. The second kappa shape index (κ2) is 15.7. The minimum absolute atomic E-state index is 0.540. The van der Waals surface area contributed by atoms with E-state index < -0.39 is 5.41 Å². The normalized spacial score (nSPS) is 12.8. The summed E-state index contributed by atoms with van der Waals surface area (Å²) >= 11 is 1.84. The molecule has 0 aliphatic heterocycles. The Morgan fingerprint density at radius 3 is 1.64 bits per heavy atom. The average Bonchev–Trinajstić information content (AvgIpc) is 4.09. The van der Waals surface area contributed by atoms with Gasteiger partial charge in [0, 0.05) is 47.6 Å². The van der Waals surface area contributed by atoms with E-state index in [1.807, 2.05) is 29.5 Å². The van der Waals surface area contributed by atoms with E-state index >= 15 is 0 Å². The molecule has 1 aliphatic rings. The molecule has 4 heteroatoms. The first kappa shape index (κ1) is 39.5. The number of aromatic nitrogens is 2. The van der Waals surface area contributed by atoms with Crippen LogP contribution >= 0.6 is 11.3 Å². The van der Waals surface area contributed by atoms with Gasteiger partial charge in [0.2, 0.25) is 0 Å². The molecule has 0 fully saturated rings. The monoisotopic (exact) mass is 896 g/mol. The first-order valence-electron chi connectivity index (χ1n) is 23.4. The summed E-state index contributed by atoms with van der Waals surface area (Å²) in [5, 5.41) is 4.75. The maximum Gasteiger partial charge on any atom is 0.160 e. The second-order valence-electron chi connectivity index (χ2n) is 18.0. The lowest BCUT2D eigenvalue weighted by atomic mass is 9.67. The molecule has 0 atom stereocenters. The van der Waals surface area contributed by atoms with Crippen molar-refractivity contribution in [2.75, 3.05) is 0 Å². The van der Waals surface area contributed by atoms with Crippen LogP contribution in [-0.2, 0) is 5.41 Å². The summed E-state index contributed by atoms with van der Waals surface area (Å²) in [6, 6.07) is 87.7. The molecule has 3 nitrogen and oxygen atoms in total. The molecule has 0 radical (unpaired) electrons. The van der Waals surface area contributed by atoms with Crippen LogP contribution in [0, 0.1) is 0 Å². The van der Waals surface area contributed by atoms with Gasteiger partial charge in [0.25, 0.3) is 0 Å². The Hall–Kier alpha value is -8.70. The molecule has 0 saturated heterocycles. The Bertz CT molecular complexity index is 3960. The van der Waals surface area contributed by atoms with E-state index in [1.54, 1.807) is 0 Å². The zero-order chi connectivity index (χ0) is 45.5. The lowest BCUT2D eigenvalue weighted by Crippen LogP contribution is -2.28. The fourth-order valence-corrected chi connectivity index (χ4v) is 12.1. The van der Waals surface area contributed by atoms with Crippen molar-refractivity contribution < 1.29 is 4.42 Å². The zero-order valence-corrected chi connectivity index (χ0v) is 38.1. The lowest BCUT2D eigenvalue weighted by molar-refractivity contribution is 0.669. The van der Waals surface area contributed by atoms with Crippen molar-refractivity contribution in [2.24, 2.45) is 0 Å². The van der Waals surface area contributed by atoms with Crippen LogP contribution in [0.3, 0.4) is 0 Å².